The second-order valence-electron chi connectivity index (χ2n) is 12.2. The predicted octanol–water partition coefficient (Wildman–Crippen LogP) is 6.02. The number of aromatic nitrogens is 3. The van der Waals surface area contributed by atoms with Crippen molar-refractivity contribution in [1.82, 2.24) is 25.0 Å². The van der Waals surface area contributed by atoms with E-state index in [2.05, 4.69) is 15.4 Å². The smallest absolute Gasteiger partial charge is 0.292 e. The summed E-state index contributed by atoms with van der Waals surface area (Å²) in [6.07, 6.45) is -2.18. The zero-order chi connectivity index (χ0) is 35.8. The number of amides is 2. The Morgan fingerprint density at radius 3 is 2.47 bits per heavy atom. The van der Waals surface area contributed by atoms with Crippen molar-refractivity contribution >= 4 is 24.2 Å². The SMILES string of the molecule is Cc1cc(-c2cc(N)c(C=N)nc2C(Cc2cc(F)cc(F)c2)NC(=O)Cn2nc(C(F)F)c3c2C(F)(F)C(C)C3)ccc1CN(C)C=O. The summed E-state index contributed by atoms with van der Waals surface area (Å²) >= 11 is 0. The molecule has 15 heteroatoms. The van der Waals surface area contributed by atoms with Crippen molar-refractivity contribution in [3.63, 3.8) is 0 Å². The second-order valence-corrected chi connectivity index (χ2v) is 12.2. The van der Waals surface area contributed by atoms with Crippen molar-refractivity contribution in [3.8, 4) is 11.1 Å². The molecule has 9 nitrogen and oxygen atoms in total. The fourth-order valence-electron chi connectivity index (χ4n) is 6.12. The molecule has 2 unspecified atom stereocenters. The number of anilines is 1. The van der Waals surface area contributed by atoms with E-state index in [4.69, 9.17) is 11.1 Å². The van der Waals surface area contributed by atoms with Gasteiger partial charge in [-0.2, -0.15) is 13.9 Å². The molecule has 2 aromatic heterocycles. The molecule has 0 bridgehead atoms. The third-order valence-corrected chi connectivity index (χ3v) is 8.56. The molecule has 1 aliphatic rings. The van der Waals surface area contributed by atoms with Gasteiger partial charge in [-0.05, 0) is 60.2 Å². The van der Waals surface area contributed by atoms with E-state index in [0.29, 0.717) is 34.8 Å². The van der Waals surface area contributed by atoms with Crippen LogP contribution in [0.5, 0.6) is 0 Å². The van der Waals surface area contributed by atoms with E-state index in [-0.39, 0.29) is 41.0 Å². The maximum atomic E-state index is 15.2. The molecule has 2 amide bonds. The average molecular weight is 686 g/mol. The number of rotatable bonds is 12. The zero-order valence-corrected chi connectivity index (χ0v) is 26.7. The molecule has 0 spiro atoms. The topological polar surface area (TPSA) is 130 Å². The molecule has 1 aliphatic carbocycles. The van der Waals surface area contributed by atoms with Crippen molar-refractivity contribution in [2.45, 2.75) is 58.2 Å². The molecular formula is C34H33F6N7O2. The molecule has 0 saturated heterocycles. The highest BCUT2D eigenvalue weighted by Gasteiger charge is 2.51. The number of nitrogens with one attached hydrogen (secondary N) is 2. The van der Waals surface area contributed by atoms with Crippen molar-refractivity contribution in [2.75, 3.05) is 12.8 Å². The monoisotopic (exact) mass is 685 g/mol. The van der Waals surface area contributed by atoms with E-state index in [9.17, 15) is 27.2 Å². The van der Waals surface area contributed by atoms with Crippen LogP contribution in [0.1, 0.15) is 64.4 Å². The van der Waals surface area contributed by atoms with Crippen molar-refractivity contribution in [2.24, 2.45) is 5.92 Å². The van der Waals surface area contributed by atoms with Crippen molar-refractivity contribution in [3.05, 3.63) is 99.1 Å². The number of hydrogen-bond acceptors (Lipinski definition) is 6. The molecule has 49 heavy (non-hydrogen) atoms. The molecule has 258 valence electrons. The van der Waals surface area contributed by atoms with Gasteiger partial charge in [0, 0.05) is 42.9 Å². The van der Waals surface area contributed by atoms with E-state index in [1.54, 1.807) is 25.2 Å². The molecule has 0 fully saturated rings. The van der Waals surface area contributed by atoms with Gasteiger partial charge >= 0.3 is 0 Å². The Labute approximate surface area is 277 Å². The number of fused-ring (bicyclic) bond motifs is 1. The summed E-state index contributed by atoms with van der Waals surface area (Å²) in [6.45, 7) is 2.49. The molecule has 5 rings (SSSR count). The first-order valence-corrected chi connectivity index (χ1v) is 15.2. The summed E-state index contributed by atoms with van der Waals surface area (Å²) in [4.78, 5) is 30.8. The van der Waals surface area contributed by atoms with Gasteiger partial charge in [0.2, 0.25) is 12.3 Å². The third kappa shape index (κ3) is 7.15. The molecule has 4 aromatic rings. The van der Waals surface area contributed by atoms with Crippen LogP contribution in [0.4, 0.5) is 32.0 Å². The van der Waals surface area contributed by atoms with Gasteiger partial charge in [0.25, 0.3) is 12.3 Å². The van der Waals surface area contributed by atoms with Crippen LogP contribution in [0.15, 0.2) is 42.5 Å². The summed E-state index contributed by atoms with van der Waals surface area (Å²) in [5.74, 6) is -7.52. The lowest BCUT2D eigenvalue weighted by atomic mass is 9.92. The van der Waals surface area contributed by atoms with Crippen LogP contribution >= 0.6 is 0 Å². The molecule has 2 aromatic carbocycles. The first-order valence-electron chi connectivity index (χ1n) is 15.2. The molecule has 0 radical (unpaired) electrons. The highest BCUT2D eigenvalue weighted by atomic mass is 19.3. The number of nitrogens with two attached hydrogens (primary N) is 1. The summed E-state index contributed by atoms with van der Waals surface area (Å²) in [7, 11) is 1.62. The van der Waals surface area contributed by atoms with Gasteiger partial charge in [-0.1, -0.05) is 25.1 Å². The van der Waals surface area contributed by atoms with Gasteiger partial charge in [0.05, 0.1) is 17.4 Å². The first-order chi connectivity index (χ1) is 23.1. The molecular weight excluding hydrogens is 652 g/mol. The Balaban J connectivity index is 1.59. The second kappa shape index (κ2) is 13.7. The predicted molar refractivity (Wildman–Crippen MR) is 169 cm³/mol. The average Bonchev–Trinajstić information content (AvgIpc) is 3.50. The Hall–Kier alpha value is -5.21. The summed E-state index contributed by atoms with van der Waals surface area (Å²) < 4.78 is 87.0. The van der Waals surface area contributed by atoms with Gasteiger partial charge in [-0.15, -0.1) is 0 Å². The highest BCUT2D eigenvalue weighted by molar-refractivity contribution is 5.85. The molecule has 0 saturated carbocycles. The Bertz CT molecular complexity index is 1910. The lowest BCUT2D eigenvalue weighted by Gasteiger charge is -2.24. The Morgan fingerprint density at radius 2 is 1.86 bits per heavy atom. The van der Waals surface area contributed by atoms with E-state index >= 15 is 8.78 Å². The quantitative estimate of drug-likeness (QED) is 0.0955. The molecule has 2 heterocycles. The summed E-state index contributed by atoms with van der Waals surface area (Å²) in [5.41, 5.74) is 7.24. The molecule has 4 N–H and O–H groups in total. The van der Waals surface area contributed by atoms with Gasteiger partial charge in [0.15, 0.2) is 0 Å². The maximum absolute atomic E-state index is 15.2. The first kappa shape index (κ1) is 35.1. The van der Waals surface area contributed by atoms with Crippen molar-refractivity contribution < 1.29 is 35.9 Å². The van der Waals surface area contributed by atoms with Crippen LogP contribution < -0.4 is 11.1 Å². The lowest BCUT2D eigenvalue weighted by Crippen LogP contribution is -2.35. The standard InChI is InChI=1S/C34H33F6N7O2/c1-17-6-20(4-5-21(17)14-46(3)16-48)24-12-26(42)28(13-41)44-30(24)27(10-19-8-22(35)11-23(36)9-19)43-29(49)15-47-32-25(31(45-47)33(37)38)7-18(2)34(32,39)40/h4-6,8-9,11-13,16,18,27,33,41H,7,10,14-15,42H2,1-3H3,(H,43,49). The fourth-order valence-corrected chi connectivity index (χ4v) is 6.12. The number of aryl methyl sites for hydroxylation is 1. The van der Waals surface area contributed by atoms with Crippen LogP contribution in [0, 0.1) is 29.9 Å². The minimum absolute atomic E-state index is 0.0180. The van der Waals surface area contributed by atoms with Gasteiger partial charge < -0.3 is 21.4 Å². The Kier molecular flexibility index (Phi) is 9.83. The molecule has 0 aliphatic heterocycles. The van der Waals surface area contributed by atoms with Crippen LogP contribution in [0.25, 0.3) is 11.1 Å². The Morgan fingerprint density at radius 1 is 1.16 bits per heavy atom. The van der Waals surface area contributed by atoms with Gasteiger partial charge in [-0.3, -0.25) is 14.3 Å². The van der Waals surface area contributed by atoms with Crippen LogP contribution in [0.2, 0.25) is 0 Å². The minimum atomic E-state index is -3.52. The number of alkyl halides is 4. The zero-order valence-electron chi connectivity index (χ0n) is 26.7. The van der Waals surface area contributed by atoms with Crippen LogP contribution in [0.3, 0.4) is 0 Å². The largest absolute Gasteiger partial charge is 0.397 e. The minimum Gasteiger partial charge on any atom is -0.397 e. The van der Waals surface area contributed by atoms with Gasteiger partial charge in [0.1, 0.15) is 35.3 Å². The number of pyridine rings is 1. The number of nitrogens with zero attached hydrogens (tertiary/aromatic N) is 4. The number of halogens is 6. The van der Waals surface area contributed by atoms with Crippen LogP contribution in [-0.4, -0.2) is 45.2 Å². The number of nitrogen functional groups attached to an aromatic ring is 1. The third-order valence-electron chi connectivity index (χ3n) is 8.56. The molecule has 2 atom stereocenters. The normalized spacial score (nSPS) is 15.6. The van der Waals surface area contributed by atoms with E-state index in [1.807, 2.05) is 6.92 Å². The van der Waals surface area contributed by atoms with Crippen LogP contribution in [-0.2, 0) is 41.4 Å². The maximum Gasteiger partial charge on any atom is 0.292 e. The van der Waals surface area contributed by atoms with Crippen molar-refractivity contribution in [1.29, 1.82) is 5.41 Å². The van der Waals surface area contributed by atoms with E-state index in [1.165, 1.54) is 17.9 Å². The summed E-state index contributed by atoms with van der Waals surface area (Å²) in [5, 5.41) is 14.2. The number of hydrogen-bond donors (Lipinski definition) is 3. The van der Waals surface area contributed by atoms with Gasteiger partial charge in [-0.25, -0.2) is 22.5 Å². The number of benzene rings is 2. The fraction of sp³-hybridized carbons (Fsp3) is 0.324. The number of carbonyl (C=O) groups is 2. The number of carbonyl (C=O) groups excluding carboxylic acids is 2. The summed E-state index contributed by atoms with van der Waals surface area (Å²) in [6, 6.07) is 8.41. The highest BCUT2D eigenvalue weighted by Crippen LogP contribution is 2.48. The van der Waals surface area contributed by atoms with E-state index in [0.717, 1.165) is 29.5 Å². The van der Waals surface area contributed by atoms with E-state index < -0.39 is 59.8 Å². The lowest BCUT2D eigenvalue weighted by molar-refractivity contribution is -0.123.